The number of thiazole rings is 1. The first-order valence-corrected chi connectivity index (χ1v) is 17.5. The number of thiophene rings is 1. The Hall–Kier alpha value is -1.99. The van der Waals surface area contributed by atoms with E-state index >= 15 is 0 Å². The van der Waals surface area contributed by atoms with Gasteiger partial charge >= 0.3 is 4.87 Å². The average Bonchev–Trinajstić information content (AvgIpc) is 3.62. The van der Waals surface area contributed by atoms with Crippen molar-refractivity contribution in [3.8, 4) is 5.75 Å². The number of nitrogens with zero attached hydrogens (tertiary/aromatic N) is 2. The summed E-state index contributed by atoms with van der Waals surface area (Å²) in [4.78, 5) is 32.2. The molecule has 1 amide bonds. The number of nitrogens with one attached hydrogen (secondary N) is 2. The molecule has 5 rings (SSSR count). The van der Waals surface area contributed by atoms with Crippen molar-refractivity contribution in [2.45, 2.75) is 69.5 Å². The maximum Gasteiger partial charge on any atom is 0.305 e. The van der Waals surface area contributed by atoms with Crippen LogP contribution < -0.4 is 10.2 Å². The molecule has 2 aliphatic heterocycles. The third-order valence-corrected chi connectivity index (χ3v) is 10.9. The number of ether oxygens (including phenoxy) is 1. The number of aliphatic hydroxyl groups excluding tert-OH is 1. The second kappa shape index (κ2) is 15.3. The zero-order valence-electron chi connectivity index (χ0n) is 24.6. The summed E-state index contributed by atoms with van der Waals surface area (Å²) < 4.78 is 7.51. The number of amides is 1. The van der Waals surface area contributed by atoms with Gasteiger partial charge in [0.1, 0.15) is 11.3 Å². The summed E-state index contributed by atoms with van der Waals surface area (Å²) in [6.45, 7) is 6.35. The van der Waals surface area contributed by atoms with Gasteiger partial charge < -0.3 is 35.1 Å². The minimum atomic E-state index is -0.731. The van der Waals surface area contributed by atoms with Crippen LogP contribution in [-0.4, -0.2) is 88.9 Å². The molecule has 9 nitrogen and oxygen atoms in total. The van der Waals surface area contributed by atoms with Crippen LogP contribution in [0.4, 0.5) is 0 Å². The van der Waals surface area contributed by atoms with E-state index in [2.05, 4.69) is 15.2 Å². The lowest BCUT2D eigenvalue weighted by atomic mass is 9.89. The number of H-pyrrole nitrogens is 1. The summed E-state index contributed by atoms with van der Waals surface area (Å²) >= 11 is 8.40. The predicted molar refractivity (Wildman–Crippen MR) is 174 cm³/mol. The number of unbranched alkanes of at least 4 members (excludes halogenated alkanes) is 6. The molecule has 1 unspecified atom stereocenters. The third-order valence-electron chi connectivity index (χ3n) is 8.70. The average molecular weight is 651 g/mol. The van der Waals surface area contributed by atoms with Crippen molar-refractivity contribution < 1.29 is 19.7 Å². The molecular weight excluding hydrogens is 608 g/mol. The summed E-state index contributed by atoms with van der Waals surface area (Å²) in [7, 11) is 0. The number of halogens is 1. The fourth-order valence-electron chi connectivity index (χ4n) is 6.21. The van der Waals surface area contributed by atoms with Crippen molar-refractivity contribution in [2.75, 3.05) is 52.4 Å². The quantitative estimate of drug-likeness (QED) is 0.173. The minimum Gasteiger partial charge on any atom is -0.506 e. The summed E-state index contributed by atoms with van der Waals surface area (Å²) in [6, 6.07) is 6.80. The van der Waals surface area contributed by atoms with Crippen molar-refractivity contribution in [1.29, 1.82) is 0 Å². The maximum atomic E-state index is 12.9. The van der Waals surface area contributed by atoms with E-state index in [1.807, 2.05) is 11.0 Å². The zero-order valence-corrected chi connectivity index (χ0v) is 27.0. The first-order valence-electron chi connectivity index (χ1n) is 15.5. The van der Waals surface area contributed by atoms with Crippen LogP contribution in [0, 0.1) is 0 Å². The molecule has 0 bridgehead atoms. The first kappa shape index (κ1) is 32.4. The molecule has 4 heterocycles. The molecule has 1 atom stereocenters. The van der Waals surface area contributed by atoms with Crippen LogP contribution in [0.1, 0.15) is 79.1 Å². The number of phenols is 1. The highest BCUT2D eigenvalue weighted by Crippen LogP contribution is 2.33. The fraction of sp³-hybridized carbons (Fsp3) is 0.613. The Bertz CT molecular complexity index is 1400. The Morgan fingerprint density at radius 3 is 2.53 bits per heavy atom. The second-order valence-corrected chi connectivity index (χ2v) is 14.5. The van der Waals surface area contributed by atoms with Gasteiger partial charge in [-0.2, -0.15) is 0 Å². The molecular formula is C31H43ClN4O5S2. The minimum absolute atomic E-state index is 0.0234. The lowest BCUT2D eigenvalue weighted by molar-refractivity contribution is -0.127. The first-order chi connectivity index (χ1) is 20.8. The topological polar surface area (TPSA) is 118 Å². The number of carbonyl (C=O) groups is 1. The Balaban J connectivity index is 0.883. The van der Waals surface area contributed by atoms with Crippen molar-refractivity contribution in [3.05, 3.63) is 48.7 Å². The number of rotatable bonds is 14. The largest absolute Gasteiger partial charge is 0.506 e. The van der Waals surface area contributed by atoms with Gasteiger partial charge in [0.2, 0.25) is 0 Å². The molecule has 0 aliphatic carbocycles. The van der Waals surface area contributed by atoms with Crippen LogP contribution in [0.15, 0.2) is 29.1 Å². The van der Waals surface area contributed by atoms with E-state index in [1.165, 1.54) is 55.9 Å². The second-order valence-electron chi connectivity index (χ2n) is 11.8. The number of likely N-dealkylation sites (tertiary alicyclic amines) is 1. The number of aliphatic hydroxyl groups is 1. The van der Waals surface area contributed by atoms with E-state index in [0.717, 1.165) is 56.8 Å². The molecule has 3 aromatic rings. The molecule has 1 aromatic carbocycles. The van der Waals surface area contributed by atoms with Gasteiger partial charge in [0.15, 0.2) is 0 Å². The van der Waals surface area contributed by atoms with Crippen molar-refractivity contribution in [1.82, 2.24) is 20.1 Å². The number of hydrogen-bond acceptors (Lipinski definition) is 9. The van der Waals surface area contributed by atoms with Crippen LogP contribution in [0.2, 0.25) is 4.34 Å². The smallest absolute Gasteiger partial charge is 0.305 e. The van der Waals surface area contributed by atoms with Crippen LogP contribution in [0.3, 0.4) is 0 Å². The molecule has 1 spiro atoms. The highest BCUT2D eigenvalue weighted by molar-refractivity contribution is 7.18. The number of aromatic amines is 1. The Labute approximate surface area is 265 Å². The van der Waals surface area contributed by atoms with Gasteiger partial charge in [0.05, 0.1) is 38.8 Å². The molecule has 2 fully saturated rings. The van der Waals surface area contributed by atoms with Gasteiger partial charge in [-0.15, -0.1) is 11.3 Å². The van der Waals surface area contributed by atoms with E-state index < -0.39 is 6.10 Å². The van der Waals surface area contributed by atoms with Crippen molar-refractivity contribution in [3.63, 3.8) is 0 Å². The number of fused-ring (bicyclic) bond motifs is 1. The zero-order chi connectivity index (χ0) is 30.2. The lowest BCUT2D eigenvalue weighted by Gasteiger charge is -2.47. The Kier molecular flexibility index (Phi) is 11.6. The van der Waals surface area contributed by atoms with E-state index in [1.54, 1.807) is 12.1 Å². The standard InChI is InChI=1S/C31H43ClN4O5S2/c32-26-11-10-25(42-26)29(39)36-18-19-41-31(21-36)12-16-35(17-13-31)15-7-5-3-1-2-4-6-14-33-20-24(38)22-8-9-23(37)27-28(22)43-30(40)34-27/h8-11,24,33,37-38H,1-7,12-21H2,(H,34,40). The summed E-state index contributed by atoms with van der Waals surface area (Å²) in [5, 5.41) is 23.8. The molecule has 43 heavy (non-hydrogen) atoms. The molecule has 2 saturated heterocycles. The maximum absolute atomic E-state index is 12.9. The van der Waals surface area contributed by atoms with Crippen LogP contribution >= 0.6 is 34.3 Å². The predicted octanol–water partition coefficient (Wildman–Crippen LogP) is 5.37. The van der Waals surface area contributed by atoms with Gasteiger partial charge in [-0.25, -0.2) is 0 Å². The number of phenolic OH excluding ortho intramolecular Hbond substituents is 1. The van der Waals surface area contributed by atoms with Crippen molar-refractivity contribution in [2.24, 2.45) is 0 Å². The third kappa shape index (κ3) is 8.59. The van der Waals surface area contributed by atoms with Gasteiger partial charge in [0.25, 0.3) is 5.91 Å². The number of benzene rings is 1. The molecule has 12 heteroatoms. The van der Waals surface area contributed by atoms with E-state index in [4.69, 9.17) is 16.3 Å². The highest BCUT2D eigenvalue weighted by atomic mass is 35.5. The number of piperidine rings is 1. The summed E-state index contributed by atoms with van der Waals surface area (Å²) in [6.07, 6.45) is 9.64. The monoisotopic (exact) mass is 650 g/mol. The van der Waals surface area contributed by atoms with E-state index in [9.17, 15) is 19.8 Å². The van der Waals surface area contributed by atoms with Crippen LogP contribution in [0.5, 0.6) is 5.75 Å². The summed E-state index contributed by atoms with van der Waals surface area (Å²) in [5.74, 6) is 0.0949. The lowest BCUT2D eigenvalue weighted by Crippen LogP contribution is -2.58. The van der Waals surface area contributed by atoms with Gasteiger partial charge in [-0.1, -0.05) is 61.1 Å². The number of aromatic hydroxyl groups is 1. The van der Waals surface area contributed by atoms with Gasteiger partial charge in [-0.3, -0.25) is 9.59 Å². The van der Waals surface area contributed by atoms with E-state index in [-0.39, 0.29) is 22.1 Å². The Morgan fingerprint density at radius 2 is 1.79 bits per heavy atom. The molecule has 236 valence electrons. The molecule has 0 saturated carbocycles. The molecule has 2 aliphatic rings. The molecule has 0 radical (unpaired) electrons. The fourth-order valence-corrected chi connectivity index (χ4v) is 8.14. The highest BCUT2D eigenvalue weighted by Gasteiger charge is 2.41. The molecule has 2 aromatic heterocycles. The SMILES string of the molecule is O=C(c1ccc(Cl)s1)N1CCOC2(CCN(CCCCCCCCCNCC(O)c3ccc(O)c4[nH]c(=O)sc34)CC2)C1. The van der Waals surface area contributed by atoms with Gasteiger partial charge in [0, 0.05) is 31.7 Å². The molecule has 4 N–H and O–H groups in total. The Morgan fingerprint density at radius 1 is 1.05 bits per heavy atom. The van der Waals surface area contributed by atoms with Gasteiger partial charge in [-0.05, 0) is 57.0 Å². The number of morpholine rings is 1. The van der Waals surface area contributed by atoms with E-state index in [0.29, 0.717) is 51.2 Å². The number of hydrogen-bond donors (Lipinski definition) is 4. The number of carbonyl (C=O) groups excluding carboxylic acids is 1. The summed E-state index contributed by atoms with van der Waals surface area (Å²) in [5.41, 5.74) is 0.850. The van der Waals surface area contributed by atoms with Crippen molar-refractivity contribution >= 4 is 50.4 Å². The van der Waals surface area contributed by atoms with Crippen LogP contribution in [-0.2, 0) is 4.74 Å². The normalized spacial score (nSPS) is 18.0. The number of aromatic nitrogens is 1. The van der Waals surface area contributed by atoms with Crippen LogP contribution in [0.25, 0.3) is 10.2 Å².